The van der Waals surface area contributed by atoms with Crippen LogP contribution in [-0.4, -0.2) is 22.6 Å². The molecular weight excluding hydrogens is 430 g/mol. The number of hydrogen-bond acceptors (Lipinski definition) is 4. The maximum Gasteiger partial charge on any atom is 0.258 e. The van der Waals surface area contributed by atoms with Crippen molar-refractivity contribution in [2.75, 3.05) is 16.4 Å². The van der Waals surface area contributed by atoms with Gasteiger partial charge in [-0.1, -0.05) is 47.1 Å². The Morgan fingerprint density at radius 1 is 0.903 bits per heavy atom. The zero-order valence-electron chi connectivity index (χ0n) is 17.9. The Kier molecular flexibility index (Phi) is 7.36. The molecule has 2 amide bonds. The molecule has 3 aromatic rings. The van der Waals surface area contributed by atoms with E-state index in [0.717, 1.165) is 22.4 Å². The van der Waals surface area contributed by atoms with Crippen molar-refractivity contribution in [3.05, 3.63) is 81.5 Å². The predicted octanol–water partition coefficient (Wildman–Crippen LogP) is 5.95. The number of pyridine rings is 1. The lowest BCUT2D eigenvalue weighted by atomic mass is 10.1. The van der Waals surface area contributed by atoms with E-state index in [0.29, 0.717) is 27.0 Å². The van der Waals surface area contributed by atoms with Gasteiger partial charge >= 0.3 is 0 Å². The van der Waals surface area contributed by atoms with Crippen molar-refractivity contribution >= 4 is 46.6 Å². The Labute approximate surface area is 191 Å². The smallest absolute Gasteiger partial charge is 0.258 e. The topological polar surface area (TPSA) is 71.1 Å². The highest BCUT2D eigenvalue weighted by molar-refractivity contribution is 8.00. The van der Waals surface area contributed by atoms with Gasteiger partial charge in [-0.05, 0) is 69.2 Å². The summed E-state index contributed by atoms with van der Waals surface area (Å²) in [6.45, 7) is 7.63. The van der Waals surface area contributed by atoms with E-state index in [2.05, 4.69) is 15.6 Å². The Hall–Kier alpha value is -2.83. The third kappa shape index (κ3) is 6.09. The van der Waals surface area contributed by atoms with Crippen molar-refractivity contribution in [2.24, 2.45) is 0 Å². The molecule has 1 heterocycles. The largest absolute Gasteiger partial charge is 0.325 e. The number of benzene rings is 2. The molecule has 2 aromatic carbocycles. The maximum absolute atomic E-state index is 13.0. The minimum absolute atomic E-state index is 0.117. The Morgan fingerprint density at radius 3 is 2.26 bits per heavy atom. The molecule has 0 bridgehead atoms. The normalized spacial score (nSPS) is 10.6. The second kappa shape index (κ2) is 9.98. The van der Waals surface area contributed by atoms with Gasteiger partial charge in [0.05, 0.1) is 11.3 Å². The number of thioether (sulfide) groups is 1. The fraction of sp³-hybridized carbons (Fsp3) is 0.208. The number of hydrogen-bond donors (Lipinski definition) is 2. The number of anilines is 2. The SMILES string of the molecule is Cc1ccc(NC(=O)c2c(C)cc(C)nc2SCC(=O)Nc2ccc(C)c(Cl)c2)cc1. The quantitative estimate of drug-likeness (QED) is 0.452. The van der Waals surface area contributed by atoms with E-state index in [1.54, 1.807) is 12.1 Å². The molecule has 0 aliphatic heterocycles. The second-order valence-corrected chi connectivity index (χ2v) is 8.75. The minimum atomic E-state index is -0.248. The van der Waals surface area contributed by atoms with Crippen LogP contribution < -0.4 is 10.6 Å². The van der Waals surface area contributed by atoms with Crippen LogP contribution in [0.25, 0.3) is 0 Å². The number of aryl methyl sites for hydroxylation is 4. The molecular formula is C24H24ClN3O2S. The molecule has 0 aliphatic carbocycles. The molecule has 0 saturated heterocycles. The number of nitrogens with zero attached hydrogens (tertiary/aromatic N) is 1. The van der Waals surface area contributed by atoms with Crippen molar-refractivity contribution in [1.82, 2.24) is 4.98 Å². The number of amides is 2. The molecule has 7 heteroatoms. The summed E-state index contributed by atoms with van der Waals surface area (Å²) in [7, 11) is 0. The van der Waals surface area contributed by atoms with Crippen LogP contribution in [0.4, 0.5) is 11.4 Å². The molecule has 0 spiro atoms. The van der Waals surface area contributed by atoms with Gasteiger partial charge in [0.15, 0.2) is 0 Å². The van der Waals surface area contributed by atoms with E-state index in [-0.39, 0.29) is 17.6 Å². The molecule has 3 rings (SSSR count). The zero-order valence-corrected chi connectivity index (χ0v) is 19.4. The molecule has 31 heavy (non-hydrogen) atoms. The molecule has 0 saturated carbocycles. The summed E-state index contributed by atoms with van der Waals surface area (Å²) in [5, 5.41) is 6.87. The van der Waals surface area contributed by atoms with Gasteiger partial charge in [0.25, 0.3) is 5.91 Å². The molecule has 0 atom stereocenters. The molecule has 0 unspecified atom stereocenters. The summed E-state index contributed by atoms with van der Waals surface area (Å²) in [4.78, 5) is 29.9. The van der Waals surface area contributed by atoms with Gasteiger partial charge < -0.3 is 10.6 Å². The minimum Gasteiger partial charge on any atom is -0.325 e. The standard InChI is InChI=1S/C24H24ClN3O2S/c1-14-5-8-18(9-6-14)28-23(30)22-16(3)11-17(4)26-24(22)31-13-21(29)27-19-10-7-15(2)20(25)12-19/h5-12H,13H2,1-4H3,(H,27,29)(H,28,30). The molecule has 0 aliphatic rings. The predicted molar refractivity (Wildman–Crippen MR) is 128 cm³/mol. The highest BCUT2D eigenvalue weighted by Gasteiger charge is 2.18. The average molecular weight is 454 g/mol. The first-order valence-corrected chi connectivity index (χ1v) is 11.1. The Bertz CT molecular complexity index is 1130. The lowest BCUT2D eigenvalue weighted by Crippen LogP contribution is -2.18. The van der Waals surface area contributed by atoms with E-state index in [1.807, 2.05) is 64.1 Å². The summed E-state index contributed by atoms with van der Waals surface area (Å²) in [6.07, 6.45) is 0. The Morgan fingerprint density at radius 2 is 1.58 bits per heavy atom. The summed E-state index contributed by atoms with van der Waals surface area (Å²) >= 11 is 7.36. The van der Waals surface area contributed by atoms with Gasteiger partial charge in [-0.2, -0.15) is 0 Å². The lowest BCUT2D eigenvalue weighted by Gasteiger charge is -2.13. The number of rotatable bonds is 6. The highest BCUT2D eigenvalue weighted by atomic mass is 35.5. The Balaban J connectivity index is 1.74. The first-order chi connectivity index (χ1) is 14.7. The number of nitrogens with one attached hydrogen (secondary N) is 2. The van der Waals surface area contributed by atoms with Gasteiger partial charge in [0.1, 0.15) is 5.03 Å². The average Bonchev–Trinajstić information content (AvgIpc) is 2.70. The van der Waals surface area contributed by atoms with Crippen LogP contribution in [0.3, 0.4) is 0 Å². The molecule has 0 radical (unpaired) electrons. The molecule has 160 valence electrons. The van der Waals surface area contributed by atoms with Gasteiger partial charge in [-0.25, -0.2) is 4.98 Å². The van der Waals surface area contributed by atoms with Gasteiger partial charge in [-0.3, -0.25) is 9.59 Å². The maximum atomic E-state index is 13.0. The summed E-state index contributed by atoms with van der Waals surface area (Å²) in [5.41, 5.74) is 5.47. The number of carbonyl (C=O) groups is 2. The summed E-state index contributed by atoms with van der Waals surface area (Å²) in [6, 6.07) is 14.8. The lowest BCUT2D eigenvalue weighted by molar-refractivity contribution is -0.113. The van der Waals surface area contributed by atoms with Gasteiger partial charge in [0.2, 0.25) is 5.91 Å². The van der Waals surface area contributed by atoms with Crippen LogP contribution in [0, 0.1) is 27.7 Å². The third-order valence-corrected chi connectivity index (χ3v) is 6.03. The number of aromatic nitrogens is 1. The zero-order chi connectivity index (χ0) is 22.5. The van der Waals surface area contributed by atoms with Crippen LogP contribution in [0.5, 0.6) is 0 Å². The van der Waals surface area contributed by atoms with Crippen molar-refractivity contribution in [1.29, 1.82) is 0 Å². The van der Waals surface area contributed by atoms with Crippen LogP contribution in [0.15, 0.2) is 53.6 Å². The van der Waals surface area contributed by atoms with Crippen LogP contribution in [0.1, 0.15) is 32.7 Å². The number of halogens is 1. The van der Waals surface area contributed by atoms with Crippen LogP contribution >= 0.6 is 23.4 Å². The van der Waals surface area contributed by atoms with Crippen LogP contribution in [-0.2, 0) is 4.79 Å². The summed E-state index contributed by atoms with van der Waals surface area (Å²) < 4.78 is 0. The fourth-order valence-electron chi connectivity index (χ4n) is 3.02. The van der Waals surface area contributed by atoms with E-state index in [4.69, 9.17) is 11.6 Å². The van der Waals surface area contributed by atoms with E-state index < -0.39 is 0 Å². The molecule has 0 fully saturated rings. The van der Waals surface area contributed by atoms with Crippen LogP contribution in [0.2, 0.25) is 5.02 Å². The number of carbonyl (C=O) groups excluding carboxylic acids is 2. The van der Waals surface area contributed by atoms with Gasteiger partial charge in [-0.15, -0.1) is 0 Å². The van der Waals surface area contributed by atoms with Crippen molar-refractivity contribution < 1.29 is 9.59 Å². The van der Waals surface area contributed by atoms with Gasteiger partial charge in [0, 0.05) is 22.1 Å². The molecule has 5 nitrogen and oxygen atoms in total. The third-order valence-electron chi connectivity index (χ3n) is 4.64. The van der Waals surface area contributed by atoms with Crippen molar-refractivity contribution in [3.63, 3.8) is 0 Å². The fourth-order valence-corrected chi connectivity index (χ4v) is 4.14. The second-order valence-electron chi connectivity index (χ2n) is 7.38. The first kappa shape index (κ1) is 22.8. The van der Waals surface area contributed by atoms with E-state index in [9.17, 15) is 9.59 Å². The highest BCUT2D eigenvalue weighted by Crippen LogP contribution is 2.26. The first-order valence-electron chi connectivity index (χ1n) is 9.78. The monoisotopic (exact) mass is 453 g/mol. The van der Waals surface area contributed by atoms with Crippen molar-refractivity contribution in [3.8, 4) is 0 Å². The summed E-state index contributed by atoms with van der Waals surface area (Å²) in [5.74, 6) is -0.329. The van der Waals surface area contributed by atoms with E-state index >= 15 is 0 Å². The van der Waals surface area contributed by atoms with E-state index in [1.165, 1.54) is 11.8 Å². The van der Waals surface area contributed by atoms with Crippen molar-refractivity contribution in [2.45, 2.75) is 32.7 Å². The molecule has 2 N–H and O–H groups in total. The molecule has 1 aromatic heterocycles.